The second kappa shape index (κ2) is 9.35. The van der Waals surface area contributed by atoms with Crippen LogP contribution in [0.25, 0.3) is 0 Å². The zero-order valence-corrected chi connectivity index (χ0v) is 20.4. The summed E-state index contributed by atoms with van der Waals surface area (Å²) in [6.07, 6.45) is 3.57. The first-order valence-electron chi connectivity index (χ1n) is 11.7. The van der Waals surface area contributed by atoms with Gasteiger partial charge in [-0.1, -0.05) is 18.5 Å². The molecule has 1 aromatic heterocycles. The summed E-state index contributed by atoms with van der Waals surface area (Å²) in [6.45, 7) is 5.43. The third-order valence-corrected chi connectivity index (χ3v) is 7.35. The fourth-order valence-electron chi connectivity index (χ4n) is 4.69. The molecule has 2 unspecified atom stereocenters. The average Bonchev–Trinajstić information content (AvgIpc) is 3.53. The molecule has 1 amide bonds. The molecule has 186 valence electrons. The number of fused-ring (bicyclic) bond motifs is 2. The molecular weight excluding hydrogens is 477 g/mol. The number of ether oxygens (including phenoxy) is 3. The van der Waals surface area contributed by atoms with E-state index < -0.39 is 5.82 Å². The first-order chi connectivity index (χ1) is 16.7. The van der Waals surface area contributed by atoms with Gasteiger partial charge < -0.3 is 19.1 Å². The normalized spacial score (nSPS) is 24.6. The van der Waals surface area contributed by atoms with Crippen LogP contribution in [-0.4, -0.2) is 59.0 Å². The van der Waals surface area contributed by atoms with Gasteiger partial charge in [0, 0.05) is 36.9 Å². The van der Waals surface area contributed by atoms with E-state index in [1.807, 2.05) is 4.90 Å². The van der Waals surface area contributed by atoms with E-state index in [2.05, 4.69) is 16.9 Å². The topological polar surface area (TPSA) is 90.8 Å². The number of ketones is 1. The van der Waals surface area contributed by atoms with Crippen LogP contribution in [0, 0.1) is 23.1 Å². The number of piperidine rings is 1. The number of Topliss-reactive ketones (excluding diaryl/α,β-unsaturated/α-hetero) is 1. The molecule has 1 aliphatic carbocycles. The van der Waals surface area contributed by atoms with Gasteiger partial charge in [-0.15, -0.1) is 0 Å². The maximum Gasteiger partial charge on any atom is 0.263 e. The first kappa shape index (κ1) is 23.9. The highest BCUT2D eigenvalue weighted by Crippen LogP contribution is 2.48. The number of hydrogen-bond acceptors (Lipinski definition) is 7. The largest absolute Gasteiger partial charge is 0.471 e. The number of carbonyl (C=O) groups is 2. The van der Waals surface area contributed by atoms with Crippen molar-refractivity contribution in [3.8, 4) is 17.5 Å². The van der Waals surface area contributed by atoms with Crippen molar-refractivity contribution >= 4 is 23.3 Å². The summed E-state index contributed by atoms with van der Waals surface area (Å²) in [5.41, 5.74) is 0.561. The zero-order chi connectivity index (χ0) is 24.7. The van der Waals surface area contributed by atoms with Gasteiger partial charge in [0.15, 0.2) is 5.78 Å². The lowest BCUT2D eigenvalue weighted by Crippen LogP contribution is -2.58. The van der Waals surface area contributed by atoms with Gasteiger partial charge in [0.2, 0.25) is 11.7 Å². The van der Waals surface area contributed by atoms with Crippen LogP contribution in [0.5, 0.6) is 17.5 Å². The van der Waals surface area contributed by atoms with Crippen LogP contribution in [0.4, 0.5) is 4.39 Å². The molecule has 2 saturated heterocycles. The maximum atomic E-state index is 15.3. The molecule has 5 rings (SSSR count). The van der Waals surface area contributed by atoms with E-state index in [0.29, 0.717) is 38.3 Å². The Kier molecular flexibility index (Phi) is 6.40. The average molecular weight is 504 g/mol. The van der Waals surface area contributed by atoms with Gasteiger partial charge >= 0.3 is 0 Å². The number of nitrogens with zero attached hydrogens (tertiary/aromatic N) is 3. The Morgan fingerprint density at radius 3 is 2.51 bits per heavy atom. The monoisotopic (exact) mass is 503 g/mol. The summed E-state index contributed by atoms with van der Waals surface area (Å²) in [7, 11) is 0. The van der Waals surface area contributed by atoms with Crippen LogP contribution in [0.1, 0.15) is 43.5 Å². The number of hydrogen-bond donors (Lipinski definition) is 0. The summed E-state index contributed by atoms with van der Waals surface area (Å²) >= 11 is 6.20. The SMILES string of the molecule is CC(=O)c1ccc(Oc2ncnc(OC3C4COCC3CN(C(=O)CC3(C)CC3)C4)c2F)c(Cl)c1. The molecule has 2 aromatic rings. The summed E-state index contributed by atoms with van der Waals surface area (Å²) in [6, 6.07) is 4.48. The lowest BCUT2D eigenvalue weighted by atomic mass is 9.84. The van der Waals surface area contributed by atoms with Crippen molar-refractivity contribution in [1.82, 2.24) is 14.9 Å². The summed E-state index contributed by atoms with van der Waals surface area (Å²) in [4.78, 5) is 34.1. The summed E-state index contributed by atoms with van der Waals surface area (Å²) in [5.74, 6) is -1.42. The minimum Gasteiger partial charge on any atom is -0.471 e. The van der Waals surface area contributed by atoms with E-state index in [-0.39, 0.29) is 57.6 Å². The highest BCUT2D eigenvalue weighted by atomic mass is 35.5. The van der Waals surface area contributed by atoms with Crippen LogP contribution in [0.3, 0.4) is 0 Å². The van der Waals surface area contributed by atoms with Crippen molar-refractivity contribution in [2.75, 3.05) is 26.3 Å². The molecule has 8 nitrogen and oxygen atoms in total. The van der Waals surface area contributed by atoms with Crippen molar-refractivity contribution in [2.45, 2.75) is 39.2 Å². The molecule has 3 heterocycles. The Morgan fingerprint density at radius 1 is 1.20 bits per heavy atom. The first-order valence-corrected chi connectivity index (χ1v) is 12.1. The van der Waals surface area contributed by atoms with E-state index in [0.717, 1.165) is 19.2 Å². The molecule has 3 aliphatic rings. The van der Waals surface area contributed by atoms with Gasteiger partial charge in [0.1, 0.15) is 18.2 Å². The van der Waals surface area contributed by atoms with Crippen molar-refractivity contribution in [2.24, 2.45) is 17.3 Å². The van der Waals surface area contributed by atoms with Gasteiger partial charge in [-0.2, -0.15) is 14.4 Å². The van der Waals surface area contributed by atoms with Gasteiger partial charge in [-0.25, -0.2) is 0 Å². The standard InChI is InChI=1S/C25H27ClFN3O5/c1-14(31)15-3-4-19(18(26)7-15)34-23-21(27)24(29-13-28-23)35-22-16-9-30(10-17(22)12-33-11-16)20(32)8-25(2)5-6-25/h3-4,7,13,16-17,22H,5-6,8-12H2,1-2H3. The van der Waals surface area contributed by atoms with Gasteiger partial charge in [0.05, 0.1) is 18.2 Å². The number of benzene rings is 1. The smallest absolute Gasteiger partial charge is 0.263 e. The van der Waals surface area contributed by atoms with E-state index >= 15 is 4.39 Å². The Bertz CT molecular complexity index is 1140. The number of amides is 1. The molecule has 2 atom stereocenters. The lowest BCUT2D eigenvalue weighted by Gasteiger charge is -2.46. The lowest BCUT2D eigenvalue weighted by molar-refractivity contribution is -0.150. The van der Waals surface area contributed by atoms with Crippen molar-refractivity contribution in [1.29, 1.82) is 0 Å². The van der Waals surface area contributed by atoms with Crippen molar-refractivity contribution in [3.63, 3.8) is 0 Å². The fraction of sp³-hybridized carbons (Fsp3) is 0.520. The Morgan fingerprint density at radius 2 is 1.89 bits per heavy atom. The van der Waals surface area contributed by atoms with E-state index in [9.17, 15) is 9.59 Å². The Balaban J connectivity index is 1.29. The summed E-state index contributed by atoms with van der Waals surface area (Å²) < 4.78 is 32.6. The predicted molar refractivity (Wildman–Crippen MR) is 124 cm³/mol. The Hall–Kier alpha value is -2.78. The number of likely N-dealkylation sites (tertiary alicyclic amines) is 1. The quantitative estimate of drug-likeness (QED) is 0.520. The van der Waals surface area contributed by atoms with Crippen LogP contribution in [0.15, 0.2) is 24.5 Å². The molecule has 0 spiro atoms. The zero-order valence-electron chi connectivity index (χ0n) is 19.6. The minimum atomic E-state index is -0.849. The molecule has 10 heteroatoms. The number of rotatable bonds is 7. The fourth-order valence-corrected chi connectivity index (χ4v) is 4.91. The van der Waals surface area contributed by atoms with Crippen LogP contribution < -0.4 is 9.47 Å². The van der Waals surface area contributed by atoms with E-state index in [1.165, 1.54) is 19.1 Å². The highest BCUT2D eigenvalue weighted by molar-refractivity contribution is 6.32. The van der Waals surface area contributed by atoms with Gasteiger partial charge in [-0.3, -0.25) is 9.59 Å². The van der Waals surface area contributed by atoms with E-state index in [1.54, 1.807) is 6.07 Å². The molecule has 1 saturated carbocycles. The number of carbonyl (C=O) groups excluding carboxylic acids is 2. The minimum absolute atomic E-state index is 0.0919. The van der Waals surface area contributed by atoms with Gasteiger partial charge in [-0.05, 0) is 43.4 Å². The number of aromatic nitrogens is 2. The molecule has 3 fully saturated rings. The van der Waals surface area contributed by atoms with Crippen LogP contribution in [0.2, 0.25) is 5.02 Å². The second-order valence-electron chi connectivity index (χ2n) is 10.0. The molecule has 0 N–H and O–H groups in total. The van der Waals surface area contributed by atoms with E-state index in [4.69, 9.17) is 25.8 Å². The van der Waals surface area contributed by atoms with Crippen molar-refractivity contribution < 1.29 is 28.2 Å². The number of halogens is 2. The third kappa shape index (κ3) is 5.11. The molecule has 1 aromatic carbocycles. The van der Waals surface area contributed by atoms with Gasteiger partial charge in [0.25, 0.3) is 11.8 Å². The van der Waals surface area contributed by atoms with Crippen LogP contribution >= 0.6 is 11.6 Å². The highest BCUT2D eigenvalue weighted by Gasteiger charge is 2.46. The van der Waals surface area contributed by atoms with Crippen LogP contribution in [-0.2, 0) is 9.53 Å². The molecular formula is C25H27ClFN3O5. The third-order valence-electron chi connectivity index (χ3n) is 7.06. The molecule has 35 heavy (non-hydrogen) atoms. The predicted octanol–water partition coefficient (Wildman–Crippen LogP) is 4.31. The maximum absolute atomic E-state index is 15.3. The second-order valence-corrected chi connectivity index (χ2v) is 10.4. The molecule has 2 aliphatic heterocycles. The molecule has 0 radical (unpaired) electrons. The molecule has 2 bridgehead atoms. The Labute approximate surface area is 207 Å². The summed E-state index contributed by atoms with van der Waals surface area (Å²) in [5, 5.41) is 0.155. The van der Waals surface area contributed by atoms with Crippen molar-refractivity contribution in [3.05, 3.63) is 40.9 Å².